The van der Waals surface area contributed by atoms with Gasteiger partial charge in [0.15, 0.2) is 5.96 Å². The van der Waals surface area contributed by atoms with Crippen LogP contribution in [0, 0.1) is 5.92 Å². The largest absolute Gasteiger partial charge is 0.353 e. The van der Waals surface area contributed by atoms with E-state index < -0.39 is 0 Å². The molecule has 0 aromatic heterocycles. The normalized spacial score (nSPS) is 21.2. The number of aliphatic imine (C=N–C) groups is 1. The standard InChI is InChI=1S/C15H22N4O/c1-10-7-14(10)19-15(16-3)17-9-12-5-4-6-13(8-12)18-11(2)20/h4-6,8,10,14H,7,9H2,1-3H3,(H,18,20)(H2,16,17,19). The average molecular weight is 274 g/mol. The van der Waals surface area contributed by atoms with Crippen LogP contribution < -0.4 is 16.0 Å². The number of hydrogen-bond donors (Lipinski definition) is 3. The second-order valence-corrected chi connectivity index (χ2v) is 5.27. The summed E-state index contributed by atoms with van der Waals surface area (Å²) in [7, 11) is 1.77. The summed E-state index contributed by atoms with van der Waals surface area (Å²) < 4.78 is 0. The molecular formula is C15H22N4O. The number of guanidine groups is 1. The molecule has 108 valence electrons. The van der Waals surface area contributed by atoms with Gasteiger partial charge in [-0.15, -0.1) is 0 Å². The zero-order valence-electron chi connectivity index (χ0n) is 12.2. The maximum absolute atomic E-state index is 11.0. The summed E-state index contributed by atoms with van der Waals surface area (Å²) in [6.07, 6.45) is 1.21. The van der Waals surface area contributed by atoms with Gasteiger partial charge < -0.3 is 16.0 Å². The molecule has 1 amide bonds. The van der Waals surface area contributed by atoms with Crippen LogP contribution in [0.5, 0.6) is 0 Å². The fraction of sp³-hybridized carbons (Fsp3) is 0.467. The van der Waals surface area contributed by atoms with Crippen molar-refractivity contribution in [3.63, 3.8) is 0 Å². The van der Waals surface area contributed by atoms with E-state index in [1.54, 1.807) is 7.05 Å². The molecule has 2 unspecified atom stereocenters. The van der Waals surface area contributed by atoms with Crippen molar-refractivity contribution in [2.24, 2.45) is 10.9 Å². The zero-order valence-corrected chi connectivity index (χ0v) is 12.2. The molecule has 1 aliphatic carbocycles. The van der Waals surface area contributed by atoms with E-state index >= 15 is 0 Å². The molecule has 3 N–H and O–H groups in total. The number of amides is 1. The van der Waals surface area contributed by atoms with Crippen LogP contribution in [0.15, 0.2) is 29.3 Å². The van der Waals surface area contributed by atoms with Gasteiger partial charge in [0.25, 0.3) is 0 Å². The Labute approximate surface area is 119 Å². The van der Waals surface area contributed by atoms with E-state index in [1.165, 1.54) is 13.3 Å². The molecule has 0 spiro atoms. The minimum Gasteiger partial charge on any atom is -0.353 e. The predicted molar refractivity (Wildman–Crippen MR) is 81.6 cm³/mol. The Bertz CT molecular complexity index is 512. The third kappa shape index (κ3) is 4.26. The Morgan fingerprint density at radius 1 is 1.45 bits per heavy atom. The van der Waals surface area contributed by atoms with Gasteiger partial charge in [-0.2, -0.15) is 0 Å². The monoisotopic (exact) mass is 274 g/mol. The molecule has 5 nitrogen and oxygen atoms in total. The molecule has 1 saturated carbocycles. The molecule has 1 aromatic carbocycles. The Morgan fingerprint density at radius 2 is 2.20 bits per heavy atom. The lowest BCUT2D eigenvalue weighted by molar-refractivity contribution is -0.114. The fourth-order valence-electron chi connectivity index (χ4n) is 2.04. The molecule has 2 atom stereocenters. The third-order valence-corrected chi connectivity index (χ3v) is 3.36. The molecular weight excluding hydrogens is 252 g/mol. The average Bonchev–Trinajstić information content (AvgIpc) is 3.09. The lowest BCUT2D eigenvalue weighted by Crippen LogP contribution is -2.38. The topological polar surface area (TPSA) is 65.5 Å². The van der Waals surface area contributed by atoms with Gasteiger partial charge in [-0.05, 0) is 30.0 Å². The number of nitrogens with one attached hydrogen (secondary N) is 3. The molecule has 20 heavy (non-hydrogen) atoms. The molecule has 1 aromatic rings. The summed E-state index contributed by atoms with van der Waals surface area (Å²) in [5.74, 6) is 1.50. The Hall–Kier alpha value is -2.04. The molecule has 2 rings (SSSR count). The summed E-state index contributed by atoms with van der Waals surface area (Å²) in [6.45, 7) is 4.41. The lowest BCUT2D eigenvalue weighted by Gasteiger charge is -2.12. The fourth-order valence-corrected chi connectivity index (χ4v) is 2.04. The van der Waals surface area contributed by atoms with Crippen molar-refractivity contribution in [1.82, 2.24) is 10.6 Å². The number of carbonyl (C=O) groups is 1. The van der Waals surface area contributed by atoms with Crippen LogP contribution in [0.25, 0.3) is 0 Å². The molecule has 5 heteroatoms. The Kier molecular flexibility index (Phi) is 4.61. The van der Waals surface area contributed by atoms with Crippen LogP contribution in [0.3, 0.4) is 0 Å². The third-order valence-electron chi connectivity index (χ3n) is 3.36. The van der Waals surface area contributed by atoms with Gasteiger partial charge in [0.1, 0.15) is 0 Å². The minimum atomic E-state index is -0.0599. The van der Waals surface area contributed by atoms with Crippen molar-refractivity contribution in [3.8, 4) is 0 Å². The van der Waals surface area contributed by atoms with Crippen molar-refractivity contribution in [2.45, 2.75) is 32.9 Å². The molecule has 0 saturated heterocycles. The van der Waals surface area contributed by atoms with Crippen molar-refractivity contribution >= 4 is 17.6 Å². The van der Waals surface area contributed by atoms with Crippen molar-refractivity contribution in [3.05, 3.63) is 29.8 Å². The van der Waals surface area contributed by atoms with Crippen LogP contribution in [-0.2, 0) is 11.3 Å². The molecule has 0 radical (unpaired) electrons. The Balaban J connectivity index is 1.87. The first-order chi connectivity index (χ1) is 9.58. The van der Waals surface area contributed by atoms with Crippen LogP contribution >= 0.6 is 0 Å². The number of carbonyl (C=O) groups excluding carboxylic acids is 1. The highest BCUT2D eigenvalue weighted by Crippen LogP contribution is 2.28. The lowest BCUT2D eigenvalue weighted by atomic mass is 10.2. The molecule has 0 aliphatic heterocycles. The van der Waals surface area contributed by atoms with Crippen LogP contribution in [0.4, 0.5) is 5.69 Å². The second kappa shape index (κ2) is 6.41. The van der Waals surface area contributed by atoms with Crippen molar-refractivity contribution in [1.29, 1.82) is 0 Å². The summed E-state index contributed by atoms with van der Waals surface area (Å²) in [5, 5.41) is 9.44. The highest BCUT2D eigenvalue weighted by atomic mass is 16.1. The van der Waals surface area contributed by atoms with Crippen molar-refractivity contribution in [2.75, 3.05) is 12.4 Å². The molecule has 0 bridgehead atoms. The van der Waals surface area contributed by atoms with Crippen molar-refractivity contribution < 1.29 is 4.79 Å². The maximum atomic E-state index is 11.0. The van der Waals surface area contributed by atoms with Crippen LogP contribution in [0.1, 0.15) is 25.8 Å². The second-order valence-electron chi connectivity index (χ2n) is 5.27. The number of hydrogen-bond acceptors (Lipinski definition) is 2. The number of anilines is 1. The number of nitrogens with zero attached hydrogens (tertiary/aromatic N) is 1. The van der Waals surface area contributed by atoms with E-state index in [1.807, 2.05) is 24.3 Å². The van der Waals surface area contributed by atoms with E-state index in [2.05, 4.69) is 27.9 Å². The summed E-state index contributed by atoms with van der Waals surface area (Å²) in [4.78, 5) is 15.3. The summed E-state index contributed by atoms with van der Waals surface area (Å²) in [5.41, 5.74) is 1.92. The number of rotatable bonds is 4. The molecule has 1 aliphatic rings. The van der Waals surface area contributed by atoms with Gasteiger partial charge in [-0.3, -0.25) is 9.79 Å². The number of benzene rings is 1. The molecule has 1 fully saturated rings. The van der Waals surface area contributed by atoms with E-state index in [-0.39, 0.29) is 5.91 Å². The predicted octanol–water partition coefficient (Wildman–Crippen LogP) is 1.72. The van der Waals surface area contributed by atoms with Gasteiger partial charge in [0.2, 0.25) is 5.91 Å². The van der Waals surface area contributed by atoms with E-state index in [9.17, 15) is 4.79 Å². The van der Waals surface area contributed by atoms with Crippen LogP contribution in [-0.4, -0.2) is 25.0 Å². The quantitative estimate of drug-likeness (QED) is 0.578. The molecule has 0 heterocycles. The first-order valence-corrected chi connectivity index (χ1v) is 6.92. The van der Waals surface area contributed by atoms with E-state index in [0.717, 1.165) is 23.1 Å². The van der Waals surface area contributed by atoms with Gasteiger partial charge in [0.05, 0.1) is 0 Å². The highest BCUT2D eigenvalue weighted by molar-refractivity contribution is 5.88. The SMILES string of the molecule is CN=C(NCc1cccc(NC(C)=O)c1)NC1CC1C. The Morgan fingerprint density at radius 3 is 2.80 bits per heavy atom. The van der Waals surface area contributed by atoms with Gasteiger partial charge in [-0.25, -0.2) is 0 Å². The van der Waals surface area contributed by atoms with E-state index in [0.29, 0.717) is 12.6 Å². The zero-order chi connectivity index (χ0) is 14.5. The first kappa shape index (κ1) is 14.4. The minimum absolute atomic E-state index is 0.0599. The summed E-state index contributed by atoms with van der Waals surface area (Å²) in [6, 6.07) is 8.34. The highest BCUT2D eigenvalue weighted by Gasteiger charge is 2.33. The van der Waals surface area contributed by atoms with Crippen LogP contribution in [0.2, 0.25) is 0 Å². The first-order valence-electron chi connectivity index (χ1n) is 6.92. The maximum Gasteiger partial charge on any atom is 0.221 e. The summed E-state index contributed by atoms with van der Waals surface area (Å²) >= 11 is 0. The van der Waals surface area contributed by atoms with Gasteiger partial charge >= 0.3 is 0 Å². The smallest absolute Gasteiger partial charge is 0.221 e. The van der Waals surface area contributed by atoms with E-state index in [4.69, 9.17) is 0 Å². The van der Waals surface area contributed by atoms with Gasteiger partial charge in [0, 0.05) is 32.2 Å². The van der Waals surface area contributed by atoms with Gasteiger partial charge in [-0.1, -0.05) is 19.1 Å².